The van der Waals surface area contributed by atoms with Crippen molar-refractivity contribution < 1.29 is 4.57 Å². The minimum Gasteiger partial charge on any atom is -0.297 e. The van der Waals surface area contributed by atoms with Crippen molar-refractivity contribution in [2.75, 3.05) is 0 Å². The van der Waals surface area contributed by atoms with E-state index in [1.807, 2.05) is 60.7 Å². The van der Waals surface area contributed by atoms with Gasteiger partial charge in [-0.15, -0.1) is 0 Å². The Hall–Kier alpha value is -1.37. The standard InChI is InChI=1S/C19H26NOP/c1-3-4-7-12-17(2)20-22(21,18-13-8-5-9-14-18)19-15-10-6-11-16-19/h5-6,8-11,13-17H,3-4,7,12H2,1-2H3,(H,20,21)/t17-/m0/s1. The first-order valence-electron chi connectivity index (χ1n) is 8.16. The molecule has 1 atom stereocenters. The van der Waals surface area contributed by atoms with Crippen molar-refractivity contribution in [3.63, 3.8) is 0 Å². The lowest BCUT2D eigenvalue weighted by molar-refractivity contribution is 0.533. The average Bonchev–Trinajstić information content (AvgIpc) is 2.56. The van der Waals surface area contributed by atoms with E-state index in [9.17, 15) is 4.57 Å². The van der Waals surface area contributed by atoms with Gasteiger partial charge in [-0.2, -0.15) is 0 Å². The summed E-state index contributed by atoms with van der Waals surface area (Å²) in [5.41, 5.74) is 0. The molecule has 0 bridgehead atoms. The van der Waals surface area contributed by atoms with Crippen LogP contribution in [0.5, 0.6) is 0 Å². The van der Waals surface area contributed by atoms with Crippen LogP contribution in [0.3, 0.4) is 0 Å². The number of unbranched alkanes of at least 4 members (excludes halogenated alkanes) is 2. The normalized spacial score (nSPS) is 13.0. The molecule has 2 rings (SSSR count). The number of benzene rings is 2. The zero-order chi connectivity index (χ0) is 15.8. The summed E-state index contributed by atoms with van der Waals surface area (Å²) in [4.78, 5) is 0. The van der Waals surface area contributed by atoms with Crippen LogP contribution in [-0.2, 0) is 4.57 Å². The monoisotopic (exact) mass is 315 g/mol. The van der Waals surface area contributed by atoms with Gasteiger partial charge in [-0.25, -0.2) is 0 Å². The second kappa shape index (κ2) is 8.31. The van der Waals surface area contributed by atoms with Crippen molar-refractivity contribution in [3.8, 4) is 0 Å². The SMILES string of the molecule is CCCCC[C@H](C)NP(=O)(c1ccccc1)c1ccccc1. The number of nitrogens with one attached hydrogen (secondary N) is 1. The molecule has 0 aliphatic heterocycles. The van der Waals surface area contributed by atoms with Crippen LogP contribution in [0, 0.1) is 0 Å². The second-order valence-electron chi connectivity index (χ2n) is 5.81. The zero-order valence-corrected chi connectivity index (χ0v) is 14.4. The number of hydrogen-bond donors (Lipinski definition) is 1. The minimum atomic E-state index is -2.78. The highest BCUT2D eigenvalue weighted by Gasteiger charge is 2.28. The third-order valence-corrected chi connectivity index (χ3v) is 6.74. The first kappa shape index (κ1) is 17.0. The van der Waals surface area contributed by atoms with Crippen LogP contribution in [0.15, 0.2) is 60.7 Å². The lowest BCUT2D eigenvalue weighted by atomic mass is 10.1. The fourth-order valence-electron chi connectivity index (χ4n) is 2.65. The van der Waals surface area contributed by atoms with Crippen molar-refractivity contribution in [2.24, 2.45) is 0 Å². The molecule has 118 valence electrons. The largest absolute Gasteiger partial charge is 0.297 e. The quantitative estimate of drug-likeness (QED) is 0.575. The van der Waals surface area contributed by atoms with Crippen molar-refractivity contribution in [1.82, 2.24) is 5.09 Å². The molecule has 0 amide bonds. The lowest BCUT2D eigenvalue weighted by Gasteiger charge is -2.25. The molecule has 2 aromatic carbocycles. The highest BCUT2D eigenvalue weighted by atomic mass is 31.2. The first-order valence-corrected chi connectivity index (χ1v) is 9.86. The third kappa shape index (κ3) is 4.32. The summed E-state index contributed by atoms with van der Waals surface area (Å²) in [7, 11) is -2.78. The van der Waals surface area contributed by atoms with Gasteiger partial charge < -0.3 is 0 Å². The molecular formula is C19H26NOP. The van der Waals surface area contributed by atoms with E-state index >= 15 is 0 Å². The van der Waals surface area contributed by atoms with Crippen molar-refractivity contribution in [3.05, 3.63) is 60.7 Å². The van der Waals surface area contributed by atoms with Crippen LogP contribution in [0.25, 0.3) is 0 Å². The van der Waals surface area contributed by atoms with Crippen LogP contribution in [0.4, 0.5) is 0 Å². The zero-order valence-electron chi connectivity index (χ0n) is 13.5. The topological polar surface area (TPSA) is 29.1 Å². The van der Waals surface area contributed by atoms with Crippen molar-refractivity contribution in [1.29, 1.82) is 0 Å². The molecule has 0 saturated carbocycles. The molecule has 0 aliphatic rings. The van der Waals surface area contributed by atoms with Crippen molar-refractivity contribution in [2.45, 2.75) is 45.6 Å². The number of rotatable bonds is 8. The van der Waals surface area contributed by atoms with Gasteiger partial charge >= 0.3 is 0 Å². The lowest BCUT2D eigenvalue weighted by Crippen LogP contribution is -2.33. The maximum absolute atomic E-state index is 13.7. The van der Waals surface area contributed by atoms with Gasteiger partial charge in [0.25, 0.3) is 0 Å². The fraction of sp³-hybridized carbons (Fsp3) is 0.368. The van der Waals surface area contributed by atoms with E-state index in [1.54, 1.807) is 0 Å². The first-order chi connectivity index (χ1) is 10.7. The predicted molar refractivity (Wildman–Crippen MR) is 96.5 cm³/mol. The van der Waals surface area contributed by atoms with Gasteiger partial charge in [-0.3, -0.25) is 9.65 Å². The maximum atomic E-state index is 13.7. The highest BCUT2D eigenvalue weighted by Crippen LogP contribution is 2.39. The molecule has 2 aromatic rings. The Morgan fingerprint density at radius 2 is 1.41 bits per heavy atom. The van der Waals surface area contributed by atoms with E-state index in [1.165, 1.54) is 19.3 Å². The summed E-state index contributed by atoms with van der Waals surface area (Å²) in [6.45, 7) is 4.34. The molecule has 0 heterocycles. The molecule has 3 heteroatoms. The van der Waals surface area contributed by atoms with Crippen molar-refractivity contribution >= 4 is 17.9 Å². The fourth-order valence-corrected chi connectivity index (χ4v) is 5.18. The van der Waals surface area contributed by atoms with E-state index in [-0.39, 0.29) is 6.04 Å². The van der Waals surface area contributed by atoms with Gasteiger partial charge in [-0.1, -0.05) is 62.6 Å². The molecule has 0 fully saturated rings. The summed E-state index contributed by atoms with van der Waals surface area (Å²) >= 11 is 0. The Balaban J connectivity index is 2.25. The molecule has 0 spiro atoms. The van der Waals surface area contributed by atoms with Crippen LogP contribution in [-0.4, -0.2) is 6.04 Å². The van der Waals surface area contributed by atoms with Gasteiger partial charge in [0.2, 0.25) is 7.29 Å². The van der Waals surface area contributed by atoms with E-state index in [4.69, 9.17) is 0 Å². The summed E-state index contributed by atoms with van der Waals surface area (Å²) in [5, 5.41) is 5.20. The minimum absolute atomic E-state index is 0.234. The van der Waals surface area contributed by atoms with Gasteiger partial charge in [0.15, 0.2) is 0 Å². The van der Waals surface area contributed by atoms with E-state index in [0.29, 0.717) is 0 Å². The van der Waals surface area contributed by atoms with Gasteiger partial charge in [0, 0.05) is 16.7 Å². The molecule has 0 aromatic heterocycles. The van der Waals surface area contributed by atoms with Crippen LogP contribution in [0.2, 0.25) is 0 Å². The molecule has 0 unspecified atom stereocenters. The van der Waals surface area contributed by atoms with Crippen LogP contribution < -0.4 is 15.7 Å². The summed E-state index contributed by atoms with van der Waals surface area (Å²) in [5.74, 6) is 0. The van der Waals surface area contributed by atoms with Crippen LogP contribution in [0.1, 0.15) is 39.5 Å². The smallest absolute Gasteiger partial charge is 0.204 e. The predicted octanol–water partition coefficient (Wildman–Crippen LogP) is 4.47. The van der Waals surface area contributed by atoms with Gasteiger partial charge in [-0.05, 0) is 37.6 Å². The summed E-state index contributed by atoms with van der Waals surface area (Å²) in [6.07, 6.45) is 4.67. The molecule has 0 saturated heterocycles. The second-order valence-corrected chi connectivity index (χ2v) is 8.32. The third-order valence-electron chi connectivity index (χ3n) is 3.88. The Bertz CT molecular complexity index is 554. The molecule has 22 heavy (non-hydrogen) atoms. The molecule has 0 aliphatic carbocycles. The molecule has 0 radical (unpaired) electrons. The van der Waals surface area contributed by atoms with Gasteiger partial charge in [0.1, 0.15) is 0 Å². The molecule has 2 nitrogen and oxygen atoms in total. The van der Waals surface area contributed by atoms with Gasteiger partial charge in [0.05, 0.1) is 0 Å². The highest BCUT2D eigenvalue weighted by molar-refractivity contribution is 7.76. The summed E-state index contributed by atoms with van der Waals surface area (Å²) < 4.78 is 13.7. The van der Waals surface area contributed by atoms with E-state index in [0.717, 1.165) is 17.0 Å². The molecule has 1 N–H and O–H groups in total. The maximum Gasteiger partial charge on any atom is 0.204 e. The average molecular weight is 315 g/mol. The Kier molecular flexibility index (Phi) is 6.42. The molecular weight excluding hydrogens is 289 g/mol. The Morgan fingerprint density at radius 1 is 0.909 bits per heavy atom. The van der Waals surface area contributed by atoms with E-state index < -0.39 is 7.29 Å². The van der Waals surface area contributed by atoms with Crippen LogP contribution >= 0.6 is 7.29 Å². The Morgan fingerprint density at radius 3 is 1.86 bits per heavy atom. The Labute approximate surface area is 134 Å². The van der Waals surface area contributed by atoms with E-state index in [2.05, 4.69) is 18.9 Å². The number of hydrogen-bond acceptors (Lipinski definition) is 1. The summed E-state index contributed by atoms with van der Waals surface area (Å²) in [6, 6.07) is 19.8.